The smallest absolute Gasteiger partial charge is 0.141 e. The van der Waals surface area contributed by atoms with Gasteiger partial charge < -0.3 is 0 Å². The summed E-state index contributed by atoms with van der Waals surface area (Å²) in [6.07, 6.45) is 2.68. The highest BCUT2D eigenvalue weighted by molar-refractivity contribution is 6.33. The summed E-state index contributed by atoms with van der Waals surface area (Å²) in [5, 5.41) is 0.0231. The summed E-state index contributed by atoms with van der Waals surface area (Å²) in [6, 6.07) is 0. The second-order valence-corrected chi connectivity index (χ2v) is 3.47. The van der Waals surface area contributed by atoms with E-state index in [1.54, 1.807) is 27.1 Å². The average molecular weight is 258 g/mol. The zero-order valence-corrected chi connectivity index (χ0v) is 12.0. The van der Waals surface area contributed by atoms with Gasteiger partial charge in [0.2, 0.25) is 0 Å². The van der Waals surface area contributed by atoms with E-state index in [-0.39, 0.29) is 5.03 Å². The quantitative estimate of drug-likeness (QED) is 0.484. The van der Waals surface area contributed by atoms with E-state index in [0.29, 0.717) is 11.1 Å². The fourth-order valence-electron chi connectivity index (χ4n) is 1.16. The lowest BCUT2D eigenvalue weighted by Gasteiger charge is -2.08. The lowest BCUT2D eigenvalue weighted by atomic mass is 10.0. The van der Waals surface area contributed by atoms with Gasteiger partial charge >= 0.3 is 0 Å². The average Bonchev–Trinajstić information content (AvgIpc) is 2.30. The first-order valence-electron chi connectivity index (χ1n) is 5.42. The van der Waals surface area contributed by atoms with E-state index in [4.69, 9.17) is 11.6 Å². The molecule has 0 saturated carbocycles. The van der Waals surface area contributed by atoms with Gasteiger partial charge in [-0.2, -0.15) is 0 Å². The van der Waals surface area contributed by atoms with Crippen LogP contribution in [0.15, 0.2) is 51.8 Å². The molecule has 3 heteroatoms. The third-order valence-corrected chi connectivity index (χ3v) is 2.12. The Kier molecular flexibility index (Phi) is 10.8. The number of allylic oxidation sites excluding steroid dienone is 6. The SMILES string of the molecule is C=C/C(F)=C(Cl)\C(C(=C)C)=C(/C)C=NC.CC. The Bertz CT molecular complexity index is 362. The molecule has 0 aliphatic rings. The molecule has 0 amide bonds. The molecule has 0 aromatic heterocycles. The summed E-state index contributed by atoms with van der Waals surface area (Å²) in [5.41, 5.74) is 2.03. The monoisotopic (exact) mass is 257 g/mol. The van der Waals surface area contributed by atoms with Crippen molar-refractivity contribution < 1.29 is 4.39 Å². The summed E-state index contributed by atoms with van der Waals surface area (Å²) >= 11 is 5.88. The minimum Gasteiger partial charge on any atom is -0.296 e. The van der Waals surface area contributed by atoms with E-state index in [1.807, 2.05) is 13.8 Å². The standard InChI is InChI=1S/C12H15ClFN.C2H6/c1-6-10(14)12(13)11(8(2)3)9(4)7-15-5;1-2/h6-7H,1-2H2,3-5H3;1-2H3/b11-9+,12-10-,15-7?;. The Labute approximate surface area is 109 Å². The Balaban J connectivity index is 0. The van der Waals surface area contributed by atoms with Crippen LogP contribution in [-0.2, 0) is 0 Å². The van der Waals surface area contributed by atoms with Crippen LogP contribution in [-0.4, -0.2) is 13.3 Å². The van der Waals surface area contributed by atoms with E-state index >= 15 is 0 Å². The second-order valence-electron chi connectivity index (χ2n) is 3.09. The molecule has 17 heavy (non-hydrogen) atoms. The molecule has 1 nitrogen and oxygen atoms in total. The van der Waals surface area contributed by atoms with Gasteiger partial charge in [0.1, 0.15) is 5.83 Å². The highest BCUT2D eigenvalue weighted by atomic mass is 35.5. The topological polar surface area (TPSA) is 12.4 Å². The number of aliphatic imine (C=N–C) groups is 1. The first-order chi connectivity index (χ1) is 7.95. The zero-order chi connectivity index (χ0) is 14.0. The van der Waals surface area contributed by atoms with Gasteiger partial charge in [-0.3, -0.25) is 4.99 Å². The Hall–Kier alpha value is -1.15. The highest BCUT2D eigenvalue weighted by Gasteiger charge is 2.10. The van der Waals surface area contributed by atoms with Gasteiger partial charge in [0.05, 0.1) is 5.03 Å². The third-order valence-electron chi connectivity index (χ3n) is 1.75. The second kappa shape index (κ2) is 10.0. The Morgan fingerprint density at radius 1 is 1.29 bits per heavy atom. The predicted molar refractivity (Wildman–Crippen MR) is 77.5 cm³/mol. The van der Waals surface area contributed by atoms with Crippen molar-refractivity contribution in [2.75, 3.05) is 7.05 Å². The van der Waals surface area contributed by atoms with Crippen LogP contribution in [0.3, 0.4) is 0 Å². The van der Waals surface area contributed by atoms with Crippen LogP contribution in [0, 0.1) is 0 Å². The first-order valence-corrected chi connectivity index (χ1v) is 5.80. The minimum atomic E-state index is -0.557. The van der Waals surface area contributed by atoms with Gasteiger partial charge in [0, 0.05) is 18.8 Å². The fourth-order valence-corrected chi connectivity index (χ4v) is 1.55. The maximum absolute atomic E-state index is 13.2. The first kappa shape index (κ1) is 18.2. The van der Waals surface area contributed by atoms with Gasteiger partial charge in [0.15, 0.2) is 0 Å². The number of nitrogens with zero attached hydrogens (tertiary/aromatic N) is 1. The van der Waals surface area contributed by atoms with E-state index < -0.39 is 5.83 Å². The molecule has 0 unspecified atom stereocenters. The van der Waals surface area contributed by atoms with Gasteiger partial charge in [-0.1, -0.05) is 38.6 Å². The molecule has 0 radical (unpaired) electrons. The number of halogens is 2. The van der Waals surface area contributed by atoms with E-state index in [1.165, 1.54) is 0 Å². The van der Waals surface area contributed by atoms with Gasteiger partial charge in [-0.25, -0.2) is 4.39 Å². The van der Waals surface area contributed by atoms with Gasteiger partial charge in [-0.05, 0) is 31.1 Å². The van der Waals surface area contributed by atoms with Crippen LogP contribution in [0.25, 0.3) is 0 Å². The molecule has 0 fully saturated rings. The molecule has 0 bridgehead atoms. The lowest BCUT2D eigenvalue weighted by Crippen LogP contribution is -1.94. The summed E-state index contributed by atoms with van der Waals surface area (Å²) < 4.78 is 13.2. The van der Waals surface area contributed by atoms with Gasteiger partial charge in [0.25, 0.3) is 0 Å². The van der Waals surface area contributed by atoms with Crippen LogP contribution in [0.2, 0.25) is 0 Å². The summed E-state index contributed by atoms with van der Waals surface area (Å²) in [6.45, 7) is 14.6. The molecular formula is C14H21ClFN. The molecule has 0 N–H and O–H groups in total. The number of rotatable bonds is 4. The maximum atomic E-state index is 13.2. The van der Waals surface area contributed by atoms with Crippen LogP contribution in [0.1, 0.15) is 27.7 Å². The molecule has 0 spiro atoms. The normalized spacial score (nSPS) is 13.4. The Morgan fingerprint density at radius 3 is 2.06 bits per heavy atom. The zero-order valence-electron chi connectivity index (χ0n) is 11.3. The molecule has 0 aliphatic heterocycles. The van der Waals surface area contributed by atoms with Crippen molar-refractivity contribution in [2.24, 2.45) is 4.99 Å². The lowest BCUT2D eigenvalue weighted by molar-refractivity contribution is 0.663. The molecule has 0 aliphatic carbocycles. The number of hydrogen-bond acceptors (Lipinski definition) is 1. The minimum absolute atomic E-state index is 0.0231. The molecular weight excluding hydrogens is 237 g/mol. The summed E-state index contributed by atoms with van der Waals surface area (Å²) in [7, 11) is 1.64. The van der Waals surface area contributed by atoms with Crippen LogP contribution < -0.4 is 0 Å². The predicted octanol–water partition coefficient (Wildman–Crippen LogP) is 5.21. The Morgan fingerprint density at radius 2 is 1.76 bits per heavy atom. The van der Waals surface area contributed by atoms with Crippen molar-refractivity contribution in [3.8, 4) is 0 Å². The van der Waals surface area contributed by atoms with Crippen molar-refractivity contribution in [3.63, 3.8) is 0 Å². The van der Waals surface area contributed by atoms with E-state index in [0.717, 1.165) is 11.6 Å². The van der Waals surface area contributed by atoms with Crippen molar-refractivity contribution in [1.29, 1.82) is 0 Å². The molecule has 0 aromatic rings. The maximum Gasteiger partial charge on any atom is 0.141 e. The van der Waals surface area contributed by atoms with Crippen LogP contribution in [0.4, 0.5) is 4.39 Å². The largest absolute Gasteiger partial charge is 0.296 e. The molecule has 0 aromatic carbocycles. The number of hydrogen-bond donors (Lipinski definition) is 0. The highest BCUT2D eigenvalue weighted by Crippen LogP contribution is 2.28. The molecule has 0 saturated heterocycles. The van der Waals surface area contributed by atoms with Crippen molar-refractivity contribution in [1.82, 2.24) is 0 Å². The molecule has 0 atom stereocenters. The van der Waals surface area contributed by atoms with Crippen LogP contribution >= 0.6 is 11.6 Å². The van der Waals surface area contributed by atoms with Crippen molar-refractivity contribution >= 4 is 17.8 Å². The van der Waals surface area contributed by atoms with E-state index in [9.17, 15) is 4.39 Å². The van der Waals surface area contributed by atoms with Gasteiger partial charge in [-0.15, -0.1) is 0 Å². The third kappa shape index (κ3) is 6.22. The van der Waals surface area contributed by atoms with E-state index in [2.05, 4.69) is 18.2 Å². The molecule has 96 valence electrons. The summed E-state index contributed by atoms with van der Waals surface area (Å²) in [5.74, 6) is -0.557. The van der Waals surface area contributed by atoms with Crippen molar-refractivity contribution in [3.05, 3.63) is 46.8 Å². The summed E-state index contributed by atoms with van der Waals surface area (Å²) in [4.78, 5) is 3.85. The fraction of sp³-hybridized carbons (Fsp3) is 0.357. The molecule has 0 rings (SSSR count). The van der Waals surface area contributed by atoms with Crippen molar-refractivity contribution in [2.45, 2.75) is 27.7 Å². The van der Waals surface area contributed by atoms with Crippen LogP contribution in [0.5, 0.6) is 0 Å². The molecule has 0 heterocycles.